The topological polar surface area (TPSA) is 248 Å². The van der Waals surface area contributed by atoms with Crippen LogP contribution in [0.25, 0.3) is 33.4 Å². The van der Waals surface area contributed by atoms with Gasteiger partial charge in [0, 0.05) is 127 Å². The molecule has 10 aliphatic heterocycles. The summed E-state index contributed by atoms with van der Waals surface area (Å²) in [7, 11) is 10.2. The Hall–Kier alpha value is -16.0. The van der Waals surface area contributed by atoms with E-state index in [0.717, 1.165) is 146 Å². The summed E-state index contributed by atoms with van der Waals surface area (Å²) in [6, 6.07) is 56.2. The molecule has 0 unspecified atom stereocenters. The standard InChI is InChI=1S/C112H98N12O10/c1-67-11-19-71(20-12-67)103-81-29-33-89(113-81)107(75-47-51-123(5)52-48-75)90-34-30-82(114-90)104(72-21-13-68(2)14-22-72)86-38-42-94(118-86)109(93-41-37-85(103)117-93)77-27-45-99(133-61-59-131-57-55-127-7)79(63-77)111(125)121-97-65-98(102(130-10)66-101(97)129-9)122-112(126)80-64-78(28-46-100(80)134-62-60-132-58-56-128-8)110-95-43-39-87(119-95)105(73-23-15-69(3)16-24-73)83-31-35-91(115-83)108(76-49-53-124(6)54-50-76)92-36-32-84(116-92)106(88-40-44-96(110)120-88)74-25-17-70(4)18-26-74/h11-54,63-66,117,119H,55-62H2,1-10H3,(H,121,125)(H,122,126). The molecule has 4 N–H and O–H groups in total. The van der Waals surface area contributed by atoms with Crippen molar-refractivity contribution in [2.24, 2.45) is 34.9 Å². The predicted octanol–water partition coefficient (Wildman–Crippen LogP) is 21.1. The first kappa shape index (κ1) is 87.4. The third kappa shape index (κ3) is 18.2. The molecule has 134 heavy (non-hydrogen) atoms. The lowest BCUT2D eigenvalue weighted by Crippen LogP contribution is -2.16. The highest BCUT2D eigenvalue weighted by atomic mass is 16.5. The third-order valence-electron chi connectivity index (χ3n) is 24.1. The molecule has 0 radical (unpaired) electrons. The van der Waals surface area contributed by atoms with Crippen LogP contribution >= 0.6 is 0 Å². The van der Waals surface area contributed by atoms with Crippen LogP contribution in [0.5, 0.6) is 23.0 Å². The maximum atomic E-state index is 16.1. The monoisotopic (exact) mass is 1770 g/mol. The Kier molecular flexibility index (Phi) is 25.2. The molecule has 0 saturated heterocycles. The number of aliphatic imine (C=N–C) groups is 7. The molecule has 0 fully saturated rings. The van der Waals surface area contributed by atoms with Gasteiger partial charge in [0.15, 0.2) is 0 Å². The molecule has 0 spiro atoms. The molecular formula is C112H98N12O10. The van der Waals surface area contributed by atoms with Crippen LogP contribution in [-0.4, -0.2) is 166 Å². The molecule has 22 nitrogen and oxygen atoms in total. The van der Waals surface area contributed by atoms with Crippen LogP contribution in [0.2, 0.25) is 0 Å². The van der Waals surface area contributed by atoms with Crippen LogP contribution in [-0.2, 0) is 18.9 Å². The van der Waals surface area contributed by atoms with E-state index >= 15 is 4.79 Å². The van der Waals surface area contributed by atoms with Crippen molar-refractivity contribution in [2.75, 3.05) is 101 Å². The van der Waals surface area contributed by atoms with Crippen molar-refractivity contribution in [2.45, 2.75) is 27.7 Å². The number of amides is 1. The Labute approximate surface area is 778 Å². The Balaban J connectivity index is 0.742. The largest absolute Gasteiger partial charge is 0.494 e. The Morgan fingerprint density at radius 3 is 1.01 bits per heavy atom. The van der Waals surface area contributed by atoms with Crippen LogP contribution in [0.3, 0.4) is 0 Å². The minimum absolute atomic E-state index is 0.0752. The molecule has 2 aromatic heterocycles. The Morgan fingerprint density at radius 2 is 0.649 bits per heavy atom. The number of H-pyrrole nitrogens is 2. The van der Waals surface area contributed by atoms with Crippen LogP contribution in [0, 0.1) is 27.7 Å². The van der Waals surface area contributed by atoms with Crippen LogP contribution in [0.4, 0.5) is 11.4 Å². The van der Waals surface area contributed by atoms with E-state index in [4.69, 9.17) is 72.8 Å². The third-order valence-corrected chi connectivity index (χ3v) is 24.1. The number of aryl methyl sites for hydroxylation is 4. The summed E-state index contributed by atoms with van der Waals surface area (Å²) >= 11 is 0. The van der Waals surface area contributed by atoms with E-state index in [1.54, 1.807) is 44.6 Å². The second-order valence-electron chi connectivity index (χ2n) is 33.3. The molecule has 9 aromatic rings. The molecule has 16 bridgehead atoms. The number of fused-ring (bicyclic) bond motifs is 10. The maximum absolute atomic E-state index is 16.1. The summed E-state index contributed by atoms with van der Waals surface area (Å²) in [5.74, 6) is -0.131. The molecule has 666 valence electrons. The molecule has 7 aromatic carbocycles. The summed E-state index contributed by atoms with van der Waals surface area (Å²) in [6.45, 7) is 10.3. The highest BCUT2D eigenvalue weighted by Gasteiger charge is 2.33. The first-order chi connectivity index (χ1) is 65.5. The number of aromatic nitrogens is 2. The van der Waals surface area contributed by atoms with Crippen LogP contribution in [0.1, 0.15) is 94.3 Å². The predicted molar refractivity (Wildman–Crippen MR) is 535 cm³/mol. The van der Waals surface area contributed by atoms with E-state index in [1.165, 1.54) is 14.2 Å². The highest BCUT2D eigenvalue weighted by Crippen LogP contribution is 2.46. The lowest BCUT2D eigenvalue weighted by molar-refractivity contribution is 0.0542. The first-order valence-electron chi connectivity index (χ1n) is 44.4. The Morgan fingerprint density at radius 1 is 0.336 bits per heavy atom. The van der Waals surface area contributed by atoms with Gasteiger partial charge in [-0.1, -0.05) is 131 Å². The van der Waals surface area contributed by atoms with Crippen LogP contribution < -0.4 is 24.3 Å². The molecule has 0 atom stereocenters. The molecule has 10 aliphatic rings. The van der Waals surface area contributed by atoms with Gasteiger partial charge in [0.1, 0.15) is 41.9 Å². The molecule has 22 heteroatoms. The number of hydrogen-bond donors (Lipinski definition) is 4. The van der Waals surface area contributed by atoms with E-state index in [0.29, 0.717) is 82.9 Å². The highest BCUT2D eigenvalue weighted by molar-refractivity contribution is 6.38. The summed E-state index contributed by atoms with van der Waals surface area (Å²) in [4.78, 5) is 66.2. The number of rotatable bonds is 26. The number of ether oxygens (including phenoxy) is 8. The second-order valence-corrected chi connectivity index (χ2v) is 33.3. The zero-order valence-corrected chi connectivity index (χ0v) is 76.0. The van der Waals surface area contributed by atoms with E-state index < -0.39 is 11.8 Å². The summed E-state index contributed by atoms with van der Waals surface area (Å²) in [5.41, 5.74) is 29.9. The maximum Gasteiger partial charge on any atom is 0.259 e. The molecule has 0 saturated carbocycles. The van der Waals surface area contributed by atoms with Crippen molar-refractivity contribution in [1.29, 1.82) is 0 Å². The number of carbonyl (C=O) groups excluding carboxylic acids is 1. The number of anilines is 1. The van der Waals surface area contributed by atoms with Crippen molar-refractivity contribution in [3.8, 4) is 23.0 Å². The van der Waals surface area contributed by atoms with Gasteiger partial charge in [-0.25, -0.2) is 34.9 Å². The molecule has 0 aliphatic carbocycles. The van der Waals surface area contributed by atoms with E-state index in [-0.39, 0.29) is 71.9 Å². The zero-order chi connectivity index (χ0) is 92.0. The number of nitrogens with zero attached hydrogens (tertiary/aromatic N) is 9. The molecule has 12 heterocycles. The van der Waals surface area contributed by atoms with E-state index in [1.807, 2.05) is 97.3 Å². The van der Waals surface area contributed by atoms with Crippen molar-refractivity contribution < 1.29 is 47.8 Å². The first-order valence-corrected chi connectivity index (χ1v) is 44.4. The number of carbonyl (C=O) groups is 1. The van der Waals surface area contributed by atoms with Crippen molar-refractivity contribution >= 4 is 90.9 Å². The van der Waals surface area contributed by atoms with Crippen molar-refractivity contribution in [3.63, 3.8) is 0 Å². The fourth-order valence-electron chi connectivity index (χ4n) is 17.2. The molecule has 19 rings (SSSR count). The molecular weight excluding hydrogens is 1670 g/mol. The van der Waals surface area contributed by atoms with Gasteiger partial charge in [-0.3, -0.25) is 4.79 Å². The van der Waals surface area contributed by atoms with Gasteiger partial charge >= 0.3 is 0 Å². The number of benzene rings is 7. The Bertz CT molecular complexity index is 7140. The number of aliphatic hydroxyl groups excluding tert-OH is 1. The average Bonchev–Trinajstić information content (AvgIpc) is 1.61. The summed E-state index contributed by atoms with van der Waals surface area (Å²) in [6.07, 6.45) is 41.1. The lowest BCUT2D eigenvalue weighted by Gasteiger charge is -2.18. The van der Waals surface area contributed by atoms with Gasteiger partial charge in [-0.15, -0.1) is 0 Å². The fraction of sp³-hybridized carbons (Fsp3) is 0.161. The van der Waals surface area contributed by atoms with Gasteiger partial charge in [0.05, 0.1) is 139 Å². The summed E-state index contributed by atoms with van der Waals surface area (Å²) in [5, 5.41) is 16.4. The fourth-order valence-corrected chi connectivity index (χ4v) is 17.2. The second kappa shape index (κ2) is 38.6. The number of aromatic amines is 2. The molecule has 1 amide bonds. The lowest BCUT2D eigenvalue weighted by atomic mass is 9.97. The van der Waals surface area contributed by atoms with Gasteiger partial charge < -0.3 is 68.1 Å². The van der Waals surface area contributed by atoms with Gasteiger partial charge in [-0.2, -0.15) is 0 Å². The number of allylic oxidation sites excluding steroid dienone is 22. The minimum atomic E-state index is -0.591. The number of aliphatic hydroxyl groups is 1. The quantitative estimate of drug-likeness (QED) is 0.0225. The summed E-state index contributed by atoms with van der Waals surface area (Å²) < 4.78 is 48.0. The SMILES string of the molecule is COCCOCCOc1ccc(C2=C3C=CC(=N3)C(c3ccc(C)cc3)=C3C=CC(=N3)C(=C3C=CN(C)C=C3)C3=NC(=C(c4ccc(C)cc4)c4ccc2[nH]4)C=C3)cc1C(=O)Nc1cc(N=C(O)c2cc(C3=C4C=CC(=N4)C(c4ccc(C)cc4)=C4C=CC(=N4)C(=C4C=CN(C)C=C4)C4=NC(=C(c5ccc(C)cc5)c5ccc3[nH]5)C=C4)ccc2OCCOCCOC)c(OC)cc1OC. The van der Waals surface area contributed by atoms with Gasteiger partial charge in [0.2, 0.25) is 5.90 Å². The van der Waals surface area contributed by atoms with Crippen LogP contribution in [0.15, 0.2) is 383 Å². The minimum Gasteiger partial charge on any atom is -0.494 e. The van der Waals surface area contributed by atoms with Gasteiger partial charge in [-0.05, 0) is 224 Å². The van der Waals surface area contributed by atoms with E-state index in [9.17, 15) is 5.11 Å². The van der Waals surface area contributed by atoms with Crippen molar-refractivity contribution in [3.05, 3.63) is 438 Å². The van der Waals surface area contributed by atoms with E-state index in [2.05, 4.69) is 231 Å². The van der Waals surface area contributed by atoms with Crippen molar-refractivity contribution in [1.82, 2.24) is 19.8 Å². The number of nitrogens with one attached hydrogen (secondary N) is 3. The zero-order valence-electron chi connectivity index (χ0n) is 76.0. The number of methoxy groups -OCH3 is 4. The number of hydrogen-bond acceptors (Lipinski definition) is 18. The smallest absolute Gasteiger partial charge is 0.259 e. The van der Waals surface area contributed by atoms with Gasteiger partial charge in [0.25, 0.3) is 5.91 Å². The average molecular weight is 1770 g/mol. The normalized spacial score (nSPS) is 16.4.